The highest BCUT2D eigenvalue weighted by Crippen LogP contribution is 2.51. The molecule has 2 amide bonds. The first kappa shape index (κ1) is 35.8. The topological polar surface area (TPSA) is 76.1 Å². The Balaban J connectivity index is 1.28. The third-order valence-electron chi connectivity index (χ3n) is 11.4. The van der Waals surface area contributed by atoms with Crippen molar-refractivity contribution in [1.82, 2.24) is 0 Å². The van der Waals surface area contributed by atoms with Crippen molar-refractivity contribution in [2.24, 2.45) is 17.8 Å². The third kappa shape index (κ3) is 6.51. The highest BCUT2D eigenvalue weighted by molar-refractivity contribution is 6.99. The van der Waals surface area contributed by atoms with E-state index in [2.05, 4.69) is 82.3 Å². The Morgan fingerprint density at radius 1 is 0.846 bits per heavy atom. The normalized spacial score (nSPS) is 22.2. The number of rotatable bonds is 11. The van der Waals surface area contributed by atoms with Gasteiger partial charge in [-0.25, -0.2) is 0 Å². The number of benzene rings is 4. The van der Waals surface area contributed by atoms with Crippen LogP contribution in [0.1, 0.15) is 58.9 Å². The molecule has 2 heterocycles. The van der Waals surface area contributed by atoms with E-state index in [1.807, 2.05) is 60.7 Å². The number of aromatic hydroxyl groups is 1. The minimum absolute atomic E-state index is 0.131. The predicted molar refractivity (Wildman–Crippen MR) is 210 cm³/mol. The summed E-state index contributed by atoms with van der Waals surface area (Å²) in [5.41, 5.74) is 4.89. The van der Waals surface area contributed by atoms with Crippen LogP contribution >= 0.6 is 0 Å². The van der Waals surface area contributed by atoms with Crippen molar-refractivity contribution in [3.8, 4) is 5.75 Å². The lowest BCUT2D eigenvalue weighted by molar-refractivity contribution is -0.122. The van der Waals surface area contributed by atoms with Crippen LogP contribution in [0.3, 0.4) is 0 Å². The monoisotopic (exact) mass is 711 g/mol. The summed E-state index contributed by atoms with van der Waals surface area (Å²) in [6.07, 6.45) is 4.72. The SMILES string of the molecule is CC/C(=C\c1ccccc1O)CC[C@H]1OC[C@H]2C1=C(CO[Si](c1ccccc1)(c1ccccc1)C(C)(C)C)C[C@H]1C(=O)N(c3ccccc3)C(=O)[C@H]12. The van der Waals surface area contributed by atoms with Crippen LogP contribution in [0, 0.1) is 17.8 Å². The highest BCUT2D eigenvalue weighted by atomic mass is 28.4. The summed E-state index contributed by atoms with van der Waals surface area (Å²) in [7, 11) is -2.89. The number of phenolic OH excluding ortho intramolecular Hbond substituents is 1. The minimum atomic E-state index is -2.89. The summed E-state index contributed by atoms with van der Waals surface area (Å²) in [6.45, 7) is 9.73. The largest absolute Gasteiger partial charge is 0.507 e. The van der Waals surface area contributed by atoms with Crippen LogP contribution < -0.4 is 15.3 Å². The molecule has 0 saturated carbocycles. The molecule has 2 aliphatic heterocycles. The van der Waals surface area contributed by atoms with Gasteiger partial charge in [-0.3, -0.25) is 14.5 Å². The molecule has 0 radical (unpaired) electrons. The first-order valence-corrected chi connectivity index (χ1v) is 20.5. The lowest BCUT2D eigenvalue weighted by atomic mass is 9.69. The van der Waals surface area contributed by atoms with E-state index in [1.54, 1.807) is 6.07 Å². The molecule has 0 bridgehead atoms. The molecule has 3 aliphatic rings. The third-order valence-corrected chi connectivity index (χ3v) is 16.4. The van der Waals surface area contributed by atoms with Crippen molar-refractivity contribution in [2.75, 3.05) is 18.1 Å². The molecule has 1 aliphatic carbocycles. The van der Waals surface area contributed by atoms with E-state index in [-0.39, 0.29) is 34.6 Å². The van der Waals surface area contributed by atoms with Crippen molar-refractivity contribution >= 4 is 42.3 Å². The first-order valence-electron chi connectivity index (χ1n) is 18.6. The summed E-state index contributed by atoms with van der Waals surface area (Å²) < 4.78 is 14.1. The molecule has 7 heteroatoms. The number of hydrogen-bond acceptors (Lipinski definition) is 5. The van der Waals surface area contributed by atoms with Crippen molar-refractivity contribution < 1.29 is 23.9 Å². The summed E-state index contributed by atoms with van der Waals surface area (Å²) in [5.74, 6) is -1.12. The van der Waals surface area contributed by atoms with E-state index in [4.69, 9.17) is 9.16 Å². The molecule has 2 fully saturated rings. The van der Waals surface area contributed by atoms with E-state index in [0.29, 0.717) is 25.3 Å². The molecule has 2 saturated heterocycles. The molecule has 0 aromatic heterocycles. The van der Waals surface area contributed by atoms with Gasteiger partial charge in [0.05, 0.1) is 36.8 Å². The van der Waals surface area contributed by atoms with Gasteiger partial charge in [0.25, 0.3) is 8.32 Å². The second-order valence-electron chi connectivity index (χ2n) is 15.4. The van der Waals surface area contributed by atoms with Crippen molar-refractivity contribution in [3.05, 3.63) is 138 Å². The molecular weight excluding hydrogens is 663 g/mol. The van der Waals surface area contributed by atoms with E-state index in [0.717, 1.165) is 36.0 Å². The first-order chi connectivity index (χ1) is 25.1. The molecule has 7 rings (SSSR count). The molecule has 4 aromatic rings. The van der Waals surface area contributed by atoms with Crippen LogP contribution in [0.4, 0.5) is 5.69 Å². The summed E-state index contributed by atoms with van der Waals surface area (Å²) in [5, 5.41) is 12.6. The lowest BCUT2D eigenvalue weighted by Crippen LogP contribution is -2.66. The van der Waals surface area contributed by atoms with Gasteiger partial charge in [-0.05, 0) is 70.4 Å². The molecule has 1 N–H and O–H groups in total. The van der Waals surface area contributed by atoms with Crippen LogP contribution in [-0.4, -0.2) is 44.6 Å². The number of anilines is 1. The standard InChI is InChI=1S/C45H49NO5Si/c1-5-31(27-32-17-15-16-24-39(32)47)25-26-40-41-33(28-37-42(38(41)30-50-40)44(49)46(43(37)48)34-18-9-6-10-19-34)29-51-52(45(2,3)4,35-20-11-7-12-21-35)36-22-13-8-14-23-36/h6-24,27,37-38,40,42,47H,5,25-26,28-30H2,1-4H3/b31-27+/t37-,38+,40-,42-/m1/s1. The van der Waals surface area contributed by atoms with Gasteiger partial charge in [-0.1, -0.05) is 136 Å². The van der Waals surface area contributed by atoms with Gasteiger partial charge in [-0.15, -0.1) is 0 Å². The van der Waals surface area contributed by atoms with Crippen LogP contribution in [0.5, 0.6) is 5.75 Å². The van der Waals surface area contributed by atoms with Crippen LogP contribution in [0.2, 0.25) is 5.04 Å². The molecule has 0 unspecified atom stereocenters. The van der Waals surface area contributed by atoms with Crippen LogP contribution in [0.15, 0.2) is 132 Å². The average Bonchev–Trinajstić information content (AvgIpc) is 3.69. The number of allylic oxidation sites excluding steroid dienone is 1. The van der Waals surface area contributed by atoms with Crippen molar-refractivity contribution in [1.29, 1.82) is 0 Å². The highest BCUT2D eigenvalue weighted by Gasteiger charge is 2.58. The fraction of sp³-hybridized carbons (Fsp3) is 0.333. The maximum Gasteiger partial charge on any atom is 0.261 e. The zero-order valence-corrected chi connectivity index (χ0v) is 31.6. The fourth-order valence-corrected chi connectivity index (χ4v) is 13.4. The van der Waals surface area contributed by atoms with Crippen LogP contribution in [0.25, 0.3) is 6.08 Å². The number of nitrogens with zero attached hydrogens (tertiary/aromatic N) is 1. The minimum Gasteiger partial charge on any atom is -0.507 e. The molecule has 6 nitrogen and oxygen atoms in total. The number of fused-ring (bicyclic) bond motifs is 3. The van der Waals surface area contributed by atoms with Crippen molar-refractivity contribution in [2.45, 2.75) is 64.5 Å². The summed E-state index contributed by atoms with van der Waals surface area (Å²) in [6, 6.07) is 38.0. The average molecular weight is 712 g/mol. The maximum absolute atomic E-state index is 14.2. The number of carbonyl (C=O) groups excluding carboxylic acids is 2. The van der Waals surface area contributed by atoms with Crippen molar-refractivity contribution in [3.63, 3.8) is 0 Å². The van der Waals surface area contributed by atoms with Gasteiger partial charge in [0, 0.05) is 11.5 Å². The van der Waals surface area contributed by atoms with E-state index in [9.17, 15) is 14.7 Å². The Bertz CT molecular complexity index is 1930. The quantitative estimate of drug-likeness (QED) is 0.0968. The Labute approximate surface area is 308 Å². The summed E-state index contributed by atoms with van der Waals surface area (Å²) in [4.78, 5) is 29.9. The molecule has 268 valence electrons. The fourth-order valence-electron chi connectivity index (χ4n) is 8.89. The van der Waals surface area contributed by atoms with Gasteiger partial charge in [0.1, 0.15) is 5.75 Å². The molecular formula is C45H49NO5Si. The number of imide groups is 1. The second-order valence-corrected chi connectivity index (χ2v) is 19.7. The second kappa shape index (κ2) is 14.8. The molecule has 4 aromatic carbocycles. The predicted octanol–water partition coefficient (Wildman–Crippen LogP) is 8.06. The Morgan fingerprint density at radius 3 is 2.04 bits per heavy atom. The molecule has 0 spiro atoms. The van der Waals surface area contributed by atoms with Gasteiger partial charge in [-0.2, -0.15) is 0 Å². The van der Waals surface area contributed by atoms with E-state index < -0.39 is 20.2 Å². The Hall–Kier alpha value is -4.56. The number of carbonyl (C=O) groups is 2. The molecule has 52 heavy (non-hydrogen) atoms. The Morgan fingerprint density at radius 2 is 1.44 bits per heavy atom. The Kier molecular flexibility index (Phi) is 10.2. The smallest absolute Gasteiger partial charge is 0.261 e. The lowest BCUT2D eigenvalue weighted by Gasteiger charge is -2.44. The van der Waals surface area contributed by atoms with Gasteiger partial charge >= 0.3 is 0 Å². The van der Waals surface area contributed by atoms with Gasteiger partial charge in [0.2, 0.25) is 11.8 Å². The van der Waals surface area contributed by atoms with Crippen LogP contribution in [-0.2, 0) is 18.8 Å². The number of para-hydroxylation sites is 2. The van der Waals surface area contributed by atoms with E-state index in [1.165, 1.54) is 20.8 Å². The number of phenols is 1. The van der Waals surface area contributed by atoms with E-state index >= 15 is 0 Å². The number of amides is 2. The number of ether oxygens (including phenoxy) is 1. The number of hydrogen-bond donors (Lipinski definition) is 1. The zero-order valence-electron chi connectivity index (χ0n) is 30.6. The van der Waals surface area contributed by atoms with Gasteiger partial charge in [0.15, 0.2) is 0 Å². The molecule has 4 atom stereocenters. The van der Waals surface area contributed by atoms with Gasteiger partial charge < -0.3 is 14.3 Å². The zero-order chi connectivity index (χ0) is 36.5. The maximum atomic E-state index is 14.2. The summed E-state index contributed by atoms with van der Waals surface area (Å²) >= 11 is 0.